The summed E-state index contributed by atoms with van der Waals surface area (Å²) in [5, 5.41) is 2.94. The van der Waals surface area contributed by atoms with E-state index >= 15 is 0 Å². The highest BCUT2D eigenvalue weighted by Gasteiger charge is 2.32. The highest BCUT2D eigenvalue weighted by molar-refractivity contribution is 7.89. The zero-order chi connectivity index (χ0) is 24.8. The maximum atomic E-state index is 13.0. The number of Topliss-reactive ketones (excluding diaryl/α,β-unsaturated/α-hetero) is 1. The Morgan fingerprint density at radius 2 is 1.51 bits per heavy atom. The van der Waals surface area contributed by atoms with Gasteiger partial charge in [0.25, 0.3) is 0 Å². The van der Waals surface area contributed by atoms with E-state index in [-0.39, 0.29) is 35.6 Å². The first-order valence-electron chi connectivity index (χ1n) is 11.4. The third kappa shape index (κ3) is 6.04. The molecule has 7 heteroatoms. The monoisotopic (exact) mass is 486 g/mol. The van der Waals surface area contributed by atoms with Crippen molar-refractivity contribution in [1.82, 2.24) is 4.31 Å². The summed E-state index contributed by atoms with van der Waals surface area (Å²) >= 11 is 0. The molecule has 0 unspecified atom stereocenters. The van der Waals surface area contributed by atoms with Crippen LogP contribution in [0.5, 0.6) is 0 Å². The van der Waals surface area contributed by atoms with Gasteiger partial charge < -0.3 is 5.32 Å². The summed E-state index contributed by atoms with van der Waals surface area (Å²) in [6.07, 6.45) is 0.843. The largest absolute Gasteiger partial charge is 0.326 e. The topological polar surface area (TPSA) is 83.6 Å². The van der Waals surface area contributed by atoms with E-state index in [1.165, 1.54) is 23.4 Å². The summed E-state index contributed by atoms with van der Waals surface area (Å²) in [6.45, 7) is 1.89. The van der Waals surface area contributed by atoms with Crippen LogP contribution in [0.2, 0.25) is 0 Å². The predicted octanol–water partition coefficient (Wildman–Crippen LogP) is 4.33. The first kappa shape index (κ1) is 24.4. The molecule has 35 heavy (non-hydrogen) atoms. The second-order valence-corrected chi connectivity index (χ2v) is 10.4. The van der Waals surface area contributed by atoms with Crippen LogP contribution < -0.4 is 5.32 Å². The molecule has 1 amide bonds. The molecule has 1 aliphatic heterocycles. The lowest BCUT2D eigenvalue weighted by Crippen LogP contribution is -2.41. The summed E-state index contributed by atoms with van der Waals surface area (Å²) in [5.41, 5.74) is 2.72. The van der Waals surface area contributed by atoms with Crippen LogP contribution in [-0.4, -0.2) is 37.5 Å². The van der Waals surface area contributed by atoms with Crippen molar-refractivity contribution >= 4 is 27.4 Å². The molecule has 3 aromatic carbocycles. The van der Waals surface area contributed by atoms with Gasteiger partial charge in [0, 0.05) is 41.4 Å². The zero-order valence-electron chi connectivity index (χ0n) is 19.4. The summed E-state index contributed by atoms with van der Waals surface area (Å²) in [5.74, 6) is 5.60. The predicted molar refractivity (Wildman–Crippen MR) is 135 cm³/mol. The Labute approximate surface area is 206 Å². The second-order valence-electron chi connectivity index (χ2n) is 8.45. The van der Waals surface area contributed by atoms with Gasteiger partial charge in [-0.05, 0) is 62.2 Å². The van der Waals surface area contributed by atoms with E-state index in [1.807, 2.05) is 54.6 Å². The molecular weight excluding hydrogens is 460 g/mol. The Morgan fingerprint density at radius 3 is 2.23 bits per heavy atom. The van der Waals surface area contributed by atoms with Crippen molar-refractivity contribution in [2.45, 2.75) is 24.7 Å². The molecule has 1 fully saturated rings. The maximum Gasteiger partial charge on any atom is 0.243 e. The molecule has 0 aliphatic carbocycles. The number of nitrogens with zero attached hydrogens (tertiary/aromatic N) is 1. The van der Waals surface area contributed by atoms with Crippen molar-refractivity contribution in [3.8, 4) is 11.8 Å². The molecule has 1 N–H and O–H groups in total. The third-order valence-electron chi connectivity index (χ3n) is 5.96. The normalized spacial score (nSPS) is 14.5. The van der Waals surface area contributed by atoms with Gasteiger partial charge in [0.2, 0.25) is 15.9 Å². The number of sulfonamides is 1. The number of piperidine rings is 1. The number of carbonyl (C=O) groups excluding carboxylic acids is 2. The number of hydrogen-bond donors (Lipinski definition) is 1. The van der Waals surface area contributed by atoms with Gasteiger partial charge in [-0.25, -0.2) is 8.42 Å². The fraction of sp³-hybridized carbons (Fsp3) is 0.214. The molecule has 0 spiro atoms. The molecule has 0 atom stereocenters. The quantitative estimate of drug-likeness (QED) is 0.430. The van der Waals surface area contributed by atoms with Gasteiger partial charge >= 0.3 is 0 Å². The number of rotatable bonds is 5. The number of anilines is 1. The lowest BCUT2D eigenvalue weighted by Gasteiger charge is -2.30. The number of nitrogens with one attached hydrogen (secondary N) is 1. The van der Waals surface area contributed by atoms with E-state index < -0.39 is 10.0 Å². The molecule has 1 heterocycles. The summed E-state index contributed by atoms with van der Waals surface area (Å²) in [4.78, 5) is 24.6. The second kappa shape index (κ2) is 10.7. The SMILES string of the molecule is CC(=O)c1cccc(S(=O)(=O)N2CCC(C(=O)Nc3cccc(C#Cc4ccccc4)c3)CC2)c1. The number of amides is 1. The van der Waals surface area contributed by atoms with E-state index in [2.05, 4.69) is 17.2 Å². The molecule has 1 saturated heterocycles. The van der Waals surface area contributed by atoms with Gasteiger partial charge in [-0.1, -0.05) is 48.2 Å². The maximum absolute atomic E-state index is 13.0. The summed E-state index contributed by atoms with van der Waals surface area (Å²) in [6, 6.07) is 23.1. The van der Waals surface area contributed by atoms with Gasteiger partial charge in [-0.3, -0.25) is 9.59 Å². The molecule has 3 aromatic rings. The molecule has 0 radical (unpaired) electrons. The van der Waals surface area contributed by atoms with Gasteiger partial charge in [-0.2, -0.15) is 4.31 Å². The Bertz CT molecular complexity index is 1400. The minimum atomic E-state index is -3.73. The number of benzene rings is 3. The van der Waals surface area contributed by atoms with Crippen molar-refractivity contribution in [1.29, 1.82) is 0 Å². The molecule has 1 aliphatic rings. The lowest BCUT2D eigenvalue weighted by molar-refractivity contribution is -0.120. The van der Waals surface area contributed by atoms with Crippen LogP contribution in [0.4, 0.5) is 5.69 Å². The third-order valence-corrected chi connectivity index (χ3v) is 7.85. The molecule has 0 saturated carbocycles. The Hall–Kier alpha value is -3.73. The molecular formula is C28H26N2O4S. The minimum absolute atomic E-state index is 0.0986. The van der Waals surface area contributed by atoms with Crippen molar-refractivity contribution in [3.05, 3.63) is 95.6 Å². The van der Waals surface area contributed by atoms with Gasteiger partial charge in [0.15, 0.2) is 5.78 Å². The fourth-order valence-corrected chi connectivity index (χ4v) is 5.48. The summed E-state index contributed by atoms with van der Waals surface area (Å²) in [7, 11) is -3.73. The standard InChI is InChI=1S/C28H26N2O4S/c1-21(31)25-10-6-12-27(20-25)35(33,34)30-17-15-24(16-18-30)28(32)29-26-11-5-9-23(19-26)14-13-22-7-3-2-4-8-22/h2-12,19-20,24H,15-18H2,1H3,(H,29,32). The van der Waals surface area contributed by atoms with Crippen LogP contribution in [0.1, 0.15) is 41.3 Å². The van der Waals surface area contributed by atoms with E-state index in [0.717, 1.165) is 11.1 Å². The molecule has 6 nitrogen and oxygen atoms in total. The zero-order valence-corrected chi connectivity index (χ0v) is 20.2. The fourth-order valence-electron chi connectivity index (χ4n) is 3.97. The highest BCUT2D eigenvalue weighted by atomic mass is 32.2. The Balaban J connectivity index is 1.37. The molecule has 178 valence electrons. The number of hydrogen-bond acceptors (Lipinski definition) is 4. The van der Waals surface area contributed by atoms with Crippen LogP contribution in [0.3, 0.4) is 0 Å². The first-order chi connectivity index (χ1) is 16.8. The van der Waals surface area contributed by atoms with E-state index in [1.54, 1.807) is 12.1 Å². The first-order valence-corrected chi connectivity index (χ1v) is 12.9. The van der Waals surface area contributed by atoms with E-state index in [9.17, 15) is 18.0 Å². The van der Waals surface area contributed by atoms with Crippen molar-refractivity contribution < 1.29 is 18.0 Å². The lowest BCUT2D eigenvalue weighted by atomic mass is 9.97. The van der Waals surface area contributed by atoms with Crippen molar-refractivity contribution in [2.24, 2.45) is 5.92 Å². The number of carbonyl (C=O) groups is 2. The Kier molecular flexibility index (Phi) is 7.45. The van der Waals surface area contributed by atoms with E-state index in [0.29, 0.717) is 24.1 Å². The summed E-state index contributed by atoms with van der Waals surface area (Å²) < 4.78 is 27.4. The highest BCUT2D eigenvalue weighted by Crippen LogP contribution is 2.25. The van der Waals surface area contributed by atoms with E-state index in [4.69, 9.17) is 0 Å². The number of ketones is 1. The van der Waals surface area contributed by atoms with Crippen LogP contribution in [0.15, 0.2) is 83.8 Å². The minimum Gasteiger partial charge on any atom is -0.326 e. The average Bonchev–Trinajstić information content (AvgIpc) is 2.88. The van der Waals surface area contributed by atoms with Crippen molar-refractivity contribution in [2.75, 3.05) is 18.4 Å². The van der Waals surface area contributed by atoms with Crippen molar-refractivity contribution in [3.63, 3.8) is 0 Å². The van der Waals surface area contributed by atoms with Gasteiger partial charge in [-0.15, -0.1) is 0 Å². The van der Waals surface area contributed by atoms with Gasteiger partial charge in [0.1, 0.15) is 0 Å². The van der Waals surface area contributed by atoms with Gasteiger partial charge in [0.05, 0.1) is 4.90 Å². The molecule has 0 aromatic heterocycles. The molecule has 0 bridgehead atoms. The Morgan fingerprint density at radius 1 is 0.857 bits per heavy atom. The smallest absolute Gasteiger partial charge is 0.243 e. The van der Waals surface area contributed by atoms with Crippen LogP contribution in [0.25, 0.3) is 0 Å². The average molecular weight is 487 g/mol. The van der Waals surface area contributed by atoms with Crippen LogP contribution >= 0.6 is 0 Å². The van der Waals surface area contributed by atoms with Crippen LogP contribution in [0, 0.1) is 17.8 Å². The molecule has 4 rings (SSSR count). The van der Waals surface area contributed by atoms with Crippen LogP contribution in [-0.2, 0) is 14.8 Å².